The molecule has 2 unspecified atom stereocenters. The molecular weight excluding hydrogens is 428 g/mol. The molecule has 2 atom stereocenters. The molecule has 7 heteroatoms. The van der Waals surface area contributed by atoms with Crippen LogP contribution in [-0.2, 0) is 0 Å². The van der Waals surface area contributed by atoms with Crippen molar-refractivity contribution in [2.75, 3.05) is 32.8 Å². The highest BCUT2D eigenvalue weighted by Gasteiger charge is 2.30. The van der Waals surface area contributed by atoms with Crippen molar-refractivity contribution in [1.29, 1.82) is 0 Å². The van der Waals surface area contributed by atoms with Gasteiger partial charge in [0.15, 0.2) is 0 Å². The average molecular weight is 461 g/mol. The van der Waals surface area contributed by atoms with Gasteiger partial charge in [-0.15, -0.1) is 0 Å². The second-order valence-corrected chi connectivity index (χ2v) is 9.43. The van der Waals surface area contributed by atoms with Crippen molar-refractivity contribution < 1.29 is 14.6 Å². The average Bonchev–Trinajstić information content (AvgIpc) is 3.22. The minimum atomic E-state index is -0.0844. The first-order valence-corrected chi connectivity index (χ1v) is 12.2. The second-order valence-electron chi connectivity index (χ2n) is 9.43. The van der Waals surface area contributed by atoms with E-state index in [2.05, 4.69) is 46.1 Å². The SMILES string of the molecule is CC(CO)C1C=CC=C2Oc3ncccc3C(=CCCN3CCC(N4CC=NC4=O)CC3)C=C21. The second kappa shape index (κ2) is 10.1. The van der Waals surface area contributed by atoms with E-state index in [1.54, 1.807) is 12.4 Å². The Morgan fingerprint density at radius 3 is 2.94 bits per heavy atom. The Hall–Kier alpha value is -3.03. The summed E-state index contributed by atoms with van der Waals surface area (Å²) in [5.41, 5.74) is 3.19. The molecule has 4 heterocycles. The van der Waals surface area contributed by atoms with Gasteiger partial charge >= 0.3 is 6.03 Å². The van der Waals surface area contributed by atoms with E-state index in [4.69, 9.17) is 4.74 Å². The van der Waals surface area contributed by atoms with Crippen LogP contribution in [0.3, 0.4) is 0 Å². The highest BCUT2D eigenvalue weighted by molar-refractivity contribution is 5.91. The number of ether oxygens (including phenoxy) is 1. The van der Waals surface area contributed by atoms with E-state index in [1.165, 1.54) is 0 Å². The van der Waals surface area contributed by atoms with Gasteiger partial charge in [0.2, 0.25) is 5.88 Å². The number of aliphatic imine (C=N–C) groups is 1. The molecule has 0 bridgehead atoms. The van der Waals surface area contributed by atoms with E-state index in [0.29, 0.717) is 18.5 Å². The molecule has 178 valence electrons. The molecule has 1 N–H and O–H groups in total. The Bertz CT molecular complexity index is 1080. The first kappa shape index (κ1) is 22.7. The van der Waals surface area contributed by atoms with Gasteiger partial charge in [-0.2, -0.15) is 0 Å². The first-order chi connectivity index (χ1) is 16.6. The number of aliphatic hydroxyl groups excluding tert-OH is 1. The molecule has 3 aliphatic heterocycles. The van der Waals surface area contributed by atoms with Crippen molar-refractivity contribution in [2.24, 2.45) is 16.8 Å². The molecule has 1 saturated heterocycles. The predicted octanol–water partition coefficient (Wildman–Crippen LogP) is 3.84. The number of urea groups is 1. The van der Waals surface area contributed by atoms with E-state index in [1.807, 2.05) is 23.1 Å². The quantitative estimate of drug-likeness (QED) is 0.698. The minimum Gasteiger partial charge on any atom is -0.438 e. The third-order valence-corrected chi connectivity index (χ3v) is 7.24. The monoisotopic (exact) mass is 460 g/mol. The number of allylic oxidation sites excluding steroid dienone is 6. The van der Waals surface area contributed by atoms with Crippen LogP contribution in [0.4, 0.5) is 4.79 Å². The van der Waals surface area contributed by atoms with Crippen LogP contribution in [0.1, 0.15) is 31.7 Å². The van der Waals surface area contributed by atoms with E-state index >= 15 is 0 Å². The number of nitrogens with zero attached hydrogens (tertiary/aromatic N) is 4. The molecule has 1 fully saturated rings. The maximum atomic E-state index is 11.9. The Morgan fingerprint density at radius 2 is 2.18 bits per heavy atom. The van der Waals surface area contributed by atoms with Crippen molar-refractivity contribution in [1.82, 2.24) is 14.8 Å². The number of fused-ring (bicyclic) bond motifs is 2. The van der Waals surface area contributed by atoms with Crippen molar-refractivity contribution >= 4 is 17.8 Å². The molecule has 4 aliphatic rings. The zero-order valence-corrected chi connectivity index (χ0v) is 19.6. The molecule has 0 saturated carbocycles. The summed E-state index contributed by atoms with van der Waals surface area (Å²) < 4.78 is 6.24. The van der Waals surface area contributed by atoms with Gasteiger partial charge in [0.1, 0.15) is 5.76 Å². The molecule has 5 rings (SSSR count). The molecule has 2 amide bonds. The van der Waals surface area contributed by atoms with Gasteiger partial charge in [0.25, 0.3) is 0 Å². The molecule has 7 nitrogen and oxygen atoms in total. The summed E-state index contributed by atoms with van der Waals surface area (Å²) >= 11 is 0. The zero-order chi connectivity index (χ0) is 23.5. The van der Waals surface area contributed by atoms with Crippen LogP contribution in [0, 0.1) is 11.8 Å². The predicted molar refractivity (Wildman–Crippen MR) is 133 cm³/mol. The van der Waals surface area contributed by atoms with Crippen molar-refractivity contribution in [3.8, 4) is 5.88 Å². The van der Waals surface area contributed by atoms with Crippen LogP contribution in [0.2, 0.25) is 0 Å². The molecule has 0 spiro atoms. The summed E-state index contributed by atoms with van der Waals surface area (Å²) in [5, 5.41) is 9.79. The fourth-order valence-corrected chi connectivity index (χ4v) is 5.23. The summed E-state index contributed by atoms with van der Waals surface area (Å²) in [5.74, 6) is 1.62. The normalized spacial score (nSPS) is 24.9. The third-order valence-electron chi connectivity index (χ3n) is 7.24. The van der Waals surface area contributed by atoms with E-state index in [0.717, 1.165) is 61.4 Å². The molecule has 1 aromatic rings. The van der Waals surface area contributed by atoms with Crippen LogP contribution in [0.5, 0.6) is 5.88 Å². The fourth-order valence-electron chi connectivity index (χ4n) is 5.23. The van der Waals surface area contributed by atoms with Crippen LogP contribution in [0.15, 0.2) is 65.0 Å². The topological polar surface area (TPSA) is 78.3 Å². The lowest BCUT2D eigenvalue weighted by Gasteiger charge is -2.35. The standard InChI is InChI=1S/C27H32N4O3/c1-19(18-32)22-6-2-8-25-24(22)17-20(23-7-3-11-28-26(23)34-25)5-4-13-30-14-9-21(10-15-30)31-16-12-29-27(31)33/h2-3,5-8,11-12,17,19,21-22,32H,4,9-10,13-16,18H2,1H3. The van der Waals surface area contributed by atoms with Crippen molar-refractivity contribution in [2.45, 2.75) is 32.2 Å². The summed E-state index contributed by atoms with van der Waals surface area (Å²) in [7, 11) is 0. The van der Waals surface area contributed by atoms with Gasteiger partial charge in [-0.3, -0.25) is 0 Å². The minimum absolute atomic E-state index is 0.0844. The van der Waals surface area contributed by atoms with Gasteiger partial charge in [-0.05, 0) is 55.0 Å². The van der Waals surface area contributed by atoms with Crippen LogP contribution in [-0.4, -0.2) is 71.0 Å². The lowest BCUT2D eigenvalue weighted by atomic mass is 9.82. The molecule has 0 radical (unpaired) electrons. The van der Waals surface area contributed by atoms with Crippen LogP contribution in [0.25, 0.3) is 5.57 Å². The maximum Gasteiger partial charge on any atom is 0.343 e. The summed E-state index contributed by atoms with van der Waals surface area (Å²) in [4.78, 5) is 24.6. The molecule has 0 aromatic carbocycles. The van der Waals surface area contributed by atoms with E-state index in [-0.39, 0.29) is 24.5 Å². The number of aromatic nitrogens is 1. The number of amides is 2. The Morgan fingerprint density at radius 1 is 1.32 bits per heavy atom. The zero-order valence-electron chi connectivity index (χ0n) is 19.6. The van der Waals surface area contributed by atoms with Crippen LogP contribution >= 0.6 is 0 Å². The Labute approximate surface area is 200 Å². The summed E-state index contributed by atoms with van der Waals surface area (Å²) in [6.45, 7) is 5.79. The molecule has 1 aliphatic carbocycles. The van der Waals surface area contributed by atoms with Gasteiger partial charge in [0.05, 0.1) is 6.54 Å². The van der Waals surface area contributed by atoms with Gasteiger partial charge in [-0.25, -0.2) is 14.8 Å². The number of piperidine rings is 1. The number of carbonyl (C=O) groups excluding carboxylic acids is 1. The fraction of sp³-hybridized carbons (Fsp3) is 0.444. The van der Waals surface area contributed by atoms with Gasteiger partial charge < -0.3 is 19.6 Å². The molecular formula is C27H32N4O3. The van der Waals surface area contributed by atoms with Gasteiger partial charge in [-0.1, -0.05) is 25.2 Å². The highest BCUT2D eigenvalue weighted by atomic mass is 16.5. The largest absolute Gasteiger partial charge is 0.438 e. The number of likely N-dealkylation sites (tertiary alicyclic amines) is 1. The lowest BCUT2D eigenvalue weighted by Crippen LogP contribution is -2.45. The molecule has 34 heavy (non-hydrogen) atoms. The Kier molecular flexibility index (Phi) is 6.74. The first-order valence-electron chi connectivity index (χ1n) is 12.2. The number of hydrogen-bond donors (Lipinski definition) is 1. The number of carbonyl (C=O) groups is 1. The Balaban J connectivity index is 1.29. The number of aliphatic hydroxyl groups is 1. The smallest absolute Gasteiger partial charge is 0.343 e. The van der Waals surface area contributed by atoms with Crippen LogP contribution < -0.4 is 4.74 Å². The number of hydrogen-bond acceptors (Lipinski definition) is 5. The van der Waals surface area contributed by atoms with Gasteiger partial charge in [0, 0.05) is 61.7 Å². The number of rotatable bonds is 6. The summed E-state index contributed by atoms with van der Waals surface area (Å²) in [6.07, 6.45) is 17.0. The van der Waals surface area contributed by atoms with Crippen molar-refractivity contribution in [3.05, 3.63) is 65.6 Å². The third kappa shape index (κ3) is 4.63. The van der Waals surface area contributed by atoms with E-state index in [9.17, 15) is 9.90 Å². The summed E-state index contributed by atoms with van der Waals surface area (Å²) in [6, 6.07) is 4.22. The lowest BCUT2D eigenvalue weighted by molar-refractivity contribution is 0.139. The highest BCUT2D eigenvalue weighted by Crippen LogP contribution is 2.39. The van der Waals surface area contributed by atoms with E-state index < -0.39 is 0 Å². The number of pyridine rings is 1. The maximum absolute atomic E-state index is 11.9. The van der Waals surface area contributed by atoms with Crippen molar-refractivity contribution in [3.63, 3.8) is 0 Å². The molecule has 1 aromatic heterocycles.